The molecule has 23 heavy (non-hydrogen) atoms. The van der Waals surface area contributed by atoms with Gasteiger partial charge >= 0.3 is 0 Å². The molecule has 0 saturated heterocycles. The molecule has 3 rings (SSSR count). The van der Waals surface area contributed by atoms with E-state index in [1.165, 1.54) is 16.0 Å². The van der Waals surface area contributed by atoms with Crippen LogP contribution in [0.3, 0.4) is 0 Å². The third-order valence-corrected chi connectivity index (χ3v) is 4.73. The summed E-state index contributed by atoms with van der Waals surface area (Å²) in [7, 11) is 0. The van der Waals surface area contributed by atoms with E-state index in [4.69, 9.17) is 0 Å². The summed E-state index contributed by atoms with van der Waals surface area (Å²) >= 11 is 1.67. The van der Waals surface area contributed by atoms with Crippen molar-refractivity contribution in [2.45, 2.75) is 20.4 Å². The molecule has 0 bridgehead atoms. The molecular weight excluding hydrogens is 302 g/mol. The van der Waals surface area contributed by atoms with Crippen molar-refractivity contribution in [2.24, 2.45) is 0 Å². The molecule has 3 heteroatoms. The topological polar surface area (TPSA) is 20.3 Å². The highest BCUT2D eigenvalue weighted by molar-refractivity contribution is 7.14. The second-order valence-corrected chi connectivity index (χ2v) is 6.54. The molecule has 0 N–H and O–H groups in total. The van der Waals surface area contributed by atoms with E-state index in [0.717, 1.165) is 11.3 Å². The van der Waals surface area contributed by atoms with Crippen molar-refractivity contribution in [2.75, 3.05) is 4.90 Å². The van der Waals surface area contributed by atoms with E-state index in [9.17, 15) is 4.79 Å². The normalized spacial score (nSPS) is 10.5. The van der Waals surface area contributed by atoms with E-state index < -0.39 is 0 Å². The lowest BCUT2D eigenvalue weighted by atomic mass is 10.1. The smallest absolute Gasteiger partial charge is 0.224 e. The molecule has 2 nitrogen and oxygen atoms in total. The molecule has 1 heterocycles. The first kappa shape index (κ1) is 15.5. The number of nitrogens with zero attached hydrogens (tertiary/aromatic N) is 1. The van der Waals surface area contributed by atoms with Crippen molar-refractivity contribution in [1.29, 1.82) is 0 Å². The molecule has 3 aromatic rings. The first-order chi connectivity index (χ1) is 11.1. The Hall–Kier alpha value is -2.39. The van der Waals surface area contributed by atoms with Crippen molar-refractivity contribution in [3.05, 3.63) is 77.2 Å². The van der Waals surface area contributed by atoms with Gasteiger partial charge in [-0.05, 0) is 24.1 Å². The van der Waals surface area contributed by atoms with Crippen LogP contribution < -0.4 is 4.90 Å². The van der Waals surface area contributed by atoms with Gasteiger partial charge < -0.3 is 4.90 Å². The maximum Gasteiger partial charge on any atom is 0.224 e. The fourth-order valence-corrected chi connectivity index (χ4v) is 3.50. The van der Waals surface area contributed by atoms with Crippen molar-refractivity contribution < 1.29 is 4.79 Å². The van der Waals surface area contributed by atoms with Gasteiger partial charge in [0.15, 0.2) is 0 Å². The Labute approximate surface area is 141 Å². The lowest BCUT2D eigenvalue weighted by Gasteiger charge is -2.20. The van der Waals surface area contributed by atoms with Gasteiger partial charge in [-0.25, -0.2) is 0 Å². The van der Waals surface area contributed by atoms with E-state index in [2.05, 4.69) is 48.7 Å². The predicted octanol–water partition coefficient (Wildman–Crippen LogP) is 5.28. The number of anilines is 1. The van der Waals surface area contributed by atoms with Crippen molar-refractivity contribution in [3.63, 3.8) is 0 Å². The summed E-state index contributed by atoms with van der Waals surface area (Å²) in [5.74, 6) is 0.0592. The maximum atomic E-state index is 12.1. The summed E-state index contributed by atoms with van der Waals surface area (Å²) in [5.41, 5.74) is 4.50. The molecule has 1 aromatic heterocycles. The molecule has 0 fully saturated rings. The number of amides is 1. The van der Waals surface area contributed by atoms with Crippen LogP contribution in [0.1, 0.15) is 18.1 Å². The summed E-state index contributed by atoms with van der Waals surface area (Å²) in [4.78, 5) is 15.1. The number of thiophene rings is 1. The number of carbonyl (C=O) groups excluding carboxylic acids is 1. The minimum atomic E-state index is 0.0592. The van der Waals surface area contributed by atoms with Crippen molar-refractivity contribution in [1.82, 2.24) is 0 Å². The van der Waals surface area contributed by atoms with Gasteiger partial charge in [-0.2, -0.15) is 0 Å². The lowest BCUT2D eigenvalue weighted by Crippen LogP contribution is -2.27. The van der Waals surface area contributed by atoms with E-state index in [1.807, 2.05) is 29.2 Å². The van der Waals surface area contributed by atoms with Crippen LogP contribution in [0.2, 0.25) is 0 Å². The monoisotopic (exact) mass is 321 g/mol. The Bertz CT molecular complexity index is 807. The number of carbonyl (C=O) groups is 1. The first-order valence-corrected chi connectivity index (χ1v) is 8.49. The molecule has 0 radical (unpaired) electrons. The number of rotatable bonds is 4. The van der Waals surface area contributed by atoms with E-state index in [1.54, 1.807) is 18.3 Å². The van der Waals surface area contributed by atoms with Gasteiger partial charge in [-0.15, -0.1) is 11.3 Å². The maximum absolute atomic E-state index is 12.1. The second kappa shape index (κ2) is 6.80. The van der Waals surface area contributed by atoms with Gasteiger partial charge in [-0.3, -0.25) is 4.79 Å². The number of benzene rings is 2. The molecule has 1 amide bonds. The minimum Gasteiger partial charge on any atom is -0.307 e. The van der Waals surface area contributed by atoms with Gasteiger partial charge in [0.2, 0.25) is 5.91 Å². The standard InChI is InChI=1S/C20H19NOS/c1-15-7-6-8-17(11-15)13-21(16(2)22)19-12-20(23-14-19)18-9-4-3-5-10-18/h3-12,14H,13H2,1-2H3. The molecule has 0 saturated carbocycles. The van der Waals surface area contributed by atoms with Crippen LogP contribution in [0.15, 0.2) is 66.0 Å². The molecule has 0 aliphatic heterocycles. The molecule has 0 aliphatic carbocycles. The zero-order valence-electron chi connectivity index (χ0n) is 13.3. The Kier molecular flexibility index (Phi) is 4.58. The zero-order valence-corrected chi connectivity index (χ0v) is 14.1. The largest absolute Gasteiger partial charge is 0.307 e. The lowest BCUT2D eigenvalue weighted by molar-refractivity contribution is -0.116. The summed E-state index contributed by atoms with van der Waals surface area (Å²) in [6, 6.07) is 20.6. The number of hydrogen-bond acceptors (Lipinski definition) is 2. The Balaban J connectivity index is 1.87. The minimum absolute atomic E-state index is 0.0592. The second-order valence-electron chi connectivity index (χ2n) is 5.63. The first-order valence-electron chi connectivity index (χ1n) is 7.61. The highest BCUT2D eigenvalue weighted by Gasteiger charge is 2.14. The van der Waals surface area contributed by atoms with Crippen LogP contribution in [0, 0.1) is 6.92 Å². The Morgan fingerprint density at radius 1 is 1.04 bits per heavy atom. The van der Waals surface area contributed by atoms with Crippen LogP contribution in [-0.2, 0) is 11.3 Å². The van der Waals surface area contributed by atoms with Crippen molar-refractivity contribution in [3.8, 4) is 10.4 Å². The number of aryl methyl sites for hydroxylation is 1. The van der Waals surface area contributed by atoms with Gasteiger partial charge in [0.25, 0.3) is 0 Å². The number of hydrogen-bond donors (Lipinski definition) is 0. The Morgan fingerprint density at radius 3 is 2.52 bits per heavy atom. The van der Waals surface area contributed by atoms with Crippen LogP contribution in [-0.4, -0.2) is 5.91 Å². The molecule has 2 aromatic carbocycles. The predicted molar refractivity (Wildman–Crippen MR) is 97.8 cm³/mol. The Morgan fingerprint density at radius 2 is 1.83 bits per heavy atom. The van der Waals surface area contributed by atoms with Crippen molar-refractivity contribution >= 4 is 22.9 Å². The highest BCUT2D eigenvalue weighted by atomic mass is 32.1. The van der Waals surface area contributed by atoms with E-state index >= 15 is 0 Å². The molecule has 116 valence electrons. The van der Waals surface area contributed by atoms with E-state index in [0.29, 0.717) is 6.54 Å². The van der Waals surface area contributed by atoms with Crippen LogP contribution in [0.25, 0.3) is 10.4 Å². The third-order valence-electron chi connectivity index (χ3n) is 3.76. The average molecular weight is 321 g/mol. The van der Waals surface area contributed by atoms with Gasteiger partial charge in [-0.1, -0.05) is 60.2 Å². The van der Waals surface area contributed by atoms with Gasteiger partial charge in [0, 0.05) is 17.2 Å². The summed E-state index contributed by atoms with van der Waals surface area (Å²) < 4.78 is 0. The van der Waals surface area contributed by atoms with E-state index in [-0.39, 0.29) is 5.91 Å². The summed E-state index contributed by atoms with van der Waals surface area (Å²) in [5, 5.41) is 2.06. The molecule has 0 atom stereocenters. The summed E-state index contributed by atoms with van der Waals surface area (Å²) in [6.07, 6.45) is 0. The molecule has 0 unspecified atom stereocenters. The fraction of sp³-hybridized carbons (Fsp3) is 0.150. The average Bonchev–Trinajstić information content (AvgIpc) is 3.03. The third kappa shape index (κ3) is 3.69. The van der Waals surface area contributed by atoms with Gasteiger partial charge in [0.1, 0.15) is 0 Å². The SMILES string of the molecule is CC(=O)N(Cc1cccc(C)c1)c1csc(-c2ccccc2)c1. The molecular formula is C20H19NOS. The quantitative estimate of drug-likeness (QED) is 0.640. The molecule has 0 spiro atoms. The molecule has 0 aliphatic rings. The summed E-state index contributed by atoms with van der Waals surface area (Å²) in [6.45, 7) is 4.29. The van der Waals surface area contributed by atoms with Crippen LogP contribution in [0.5, 0.6) is 0 Å². The van der Waals surface area contributed by atoms with Gasteiger partial charge in [0.05, 0.1) is 12.2 Å². The zero-order chi connectivity index (χ0) is 16.2. The fourth-order valence-electron chi connectivity index (χ4n) is 2.60. The highest BCUT2D eigenvalue weighted by Crippen LogP contribution is 2.32. The van der Waals surface area contributed by atoms with Crippen LogP contribution >= 0.6 is 11.3 Å². The van der Waals surface area contributed by atoms with Crippen LogP contribution in [0.4, 0.5) is 5.69 Å².